The largest absolute Gasteiger partial charge is 0.479 e. The van der Waals surface area contributed by atoms with Crippen LogP contribution in [0.15, 0.2) is 23.0 Å². The van der Waals surface area contributed by atoms with Gasteiger partial charge in [0.2, 0.25) is 5.91 Å². The third kappa shape index (κ3) is 5.21. The minimum absolute atomic E-state index is 0.0179. The molecule has 8 nitrogen and oxygen atoms in total. The molecule has 0 unspecified atom stereocenters. The van der Waals surface area contributed by atoms with Crippen LogP contribution < -0.4 is 10.6 Å². The van der Waals surface area contributed by atoms with E-state index in [-0.39, 0.29) is 25.4 Å². The van der Waals surface area contributed by atoms with Gasteiger partial charge in [-0.25, -0.2) is 4.79 Å². The molecule has 8 heteroatoms. The van der Waals surface area contributed by atoms with E-state index < -0.39 is 18.0 Å². The Bertz CT molecular complexity index is 442. The summed E-state index contributed by atoms with van der Waals surface area (Å²) >= 11 is 0. The highest BCUT2D eigenvalue weighted by molar-refractivity contribution is 5.94. The van der Waals surface area contributed by atoms with E-state index in [1.165, 1.54) is 18.6 Å². The topological polar surface area (TPSA) is 129 Å². The number of aliphatic hydroxyl groups is 1. The van der Waals surface area contributed by atoms with Gasteiger partial charge in [0.15, 0.2) is 6.10 Å². The molecule has 0 fully saturated rings. The Labute approximate surface area is 108 Å². The highest BCUT2D eigenvalue weighted by Gasteiger charge is 2.14. The van der Waals surface area contributed by atoms with Gasteiger partial charge in [-0.05, 0) is 6.07 Å². The van der Waals surface area contributed by atoms with Crippen molar-refractivity contribution >= 4 is 17.8 Å². The SMILES string of the molecule is O=C(CCNC(=O)c1ccoc1)NC[C@H](O)C(=O)O. The van der Waals surface area contributed by atoms with Gasteiger partial charge in [0, 0.05) is 13.0 Å². The summed E-state index contributed by atoms with van der Waals surface area (Å²) in [5.74, 6) is -2.24. The van der Waals surface area contributed by atoms with Crippen LogP contribution in [0.3, 0.4) is 0 Å². The Hall–Kier alpha value is -2.35. The summed E-state index contributed by atoms with van der Waals surface area (Å²) in [7, 11) is 0. The highest BCUT2D eigenvalue weighted by atomic mass is 16.4. The van der Waals surface area contributed by atoms with Crippen molar-refractivity contribution in [1.82, 2.24) is 10.6 Å². The van der Waals surface area contributed by atoms with Crippen molar-refractivity contribution in [3.8, 4) is 0 Å². The number of carboxylic acid groups (broad SMARTS) is 1. The molecule has 0 aliphatic heterocycles. The van der Waals surface area contributed by atoms with Crippen LogP contribution in [0.2, 0.25) is 0 Å². The molecule has 4 N–H and O–H groups in total. The predicted octanol–water partition coefficient (Wildman–Crippen LogP) is -1.04. The van der Waals surface area contributed by atoms with Gasteiger partial charge in [-0.3, -0.25) is 9.59 Å². The fourth-order valence-electron chi connectivity index (χ4n) is 1.17. The molecule has 1 aromatic heterocycles. The normalized spacial score (nSPS) is 11.6. The zero-order chi connectivity index (χ0) is 14.3. The minimum atomic E-state index is -1.63. The second kappa shape index (κ2) is 7.17. The van der Waals surface area contributed by atoms with Crippen LogP contribution in [0.4, 0.5) is 0 Å². The average Bonchev–Trinajstić information content (AvgIpc) is 2.89. The average molecular weight is 270 g/mol. The number of carbonyl (C=O) groups is 3. The predicted molar refractivity (Wildman–Crippen MR) is 62.3 cm³/mol. The summed E-state index contributed by atoms with van der Waals surface area (Å²) in [4.78, 5) is 33.0. The van der Waals surface area contributed by atoms with Crippen LogP contribution in [-0.2, 0) is 9.59 Å². The van der Waals surface area contributed by atoms with Crippen LogP contribution in [-0.4, -0.2) is 47.2 Å². The number of amides is 2. The standard InChI is InChI=1S/C11H14N2O6/c14-8(11(17)18)5-13-9(15)1-3-12-10(16)7-2-4-19-6-7/h2,4,6,8,14H,1,3,5H2,(H,12,16)(H,13,15)(H,17,18)/t8-/m0/s1. The first-order valence-corrected chi connectivity index (χ1v) is 5.48. The smallest absolute Gasteiger partial charge is 0.334 e. The monoisotopic (exact) mass is 270 g/mol. The number of hydrogen-bond donors (Lipinski definition) is 4. The first-order chi connectivity index (χ1) is 9.00. The van der Waals surface area contributed by atoms with Crippen molar-refractivity contribution in [3.05, 3.63) is 24.2 Å². The molecule has 0 saturated carbocycles. The van der Waals surface area contributed by atoms with Crippen LogP contribution in [0.5, 0.6) is 0 Å². The first-order valence-electron chi connectivity index (χ1n) is 5.48. The van der Waals surface area contributed by atoms with Gasteiger partial charge in [-0.15, -0.1) is 0 Å². The number of carboxylic acids is 1. The zero-order valence-corrected chi connectivity index (χ0v) is 9.96. The van der Waals surface area contributed by atoms with Gasteiger partial charge in [-0.1, -0.05) is 0 Å². The highest BCUT2D eigenvalue weighted by Crippen LogP contribution is 1.98. The summed E-state index contributed by atoms with van der Waals surface area (Å²) in [6.45, 7) is -0.275. The maximum Gasteiger partial charge on any atom is 0.334 e. The molecule has 0 saturated heterocycles. The summed E-state index contributed by atoms with van der Waals surface area (Å²) < 4.78 is 4.73. The van der Waals surface area contributed by atoms with E-state index >= 15 is 0 Å². The van der Waals surface area contributed by atoms with Crippen LogP contribution in [0.1, 0.15) is 16.8 Å². The molecule has 1 rings (SSSR count). The molecule has 1 atom stereocenters. The third-order valence-electron chi connectivity index (χ3n) is 2.20. The van der Waals surface area contributed by atoms with Crippen molar-refractivity contribution in [2.24, 2.45) is 0 Å². The molecule has 0 bridgehead atoms. The van der Waals surface area contributed by atoms with Crippen LogP contribution in [0.25, 0.3) is 0 Å². The first kappa shape index (κ1) is 14.7. The summed E-state index contributed by atoms with van der Waals surface area (Å²) in [6.07, 6.45) is 0.980. The van der Waals surface area contributed by atoms with E-state index in [4.69, 9.17) is 14.6 Å². The van der Waals surface area contributed by atoms with Crippen molar-refractivity contribution < 1.29 is 29.0 Å². The number of aliphatic carboxylic acids is 1. The van der Waals surface area contributed by atoms with Crippen molar-refractivity contribution in [2.45, 2.75) is 12.5 Å². The molecule has 2 amide bonds. The lowest BCUT2D eigenvalue weighted by molar-refractivity contribution is -0.146. The Morgan fingerprint density at radius 2 is 2.05 bits per heavy atom. The minimum Gasteiger partial charge on any atom is -0.479 e. The Morgan fingerprint density at radius 3 is 2.63 bits per heavy atom. The van der Waals surface area contributed by atoms with E-state index in [0.29, 0.717) is 5.56 Å². The van der Waals surface area contributed by atoms with Gasteiger partial charge in [-0.2, -0.15) is 0 Å². The van der Waals surface area contributed by atoms with Gasteiger partial charge in [0.05, 0.1) is 18.4 Å². The number of nitrogens with one attached hydrogen (secondary N) is 2. The number of aliphatic hydroxyl groups excluding tert-OH is 1. The summed E-state index contributed by atoms with van der Waals surface area (Å²) in [6, 6.07) is 1.48. The number of furan rings is 1. The van der Waals surface area contributed by atoms with E-state index in [2.05, 4.69) is 10.6 Å². The van der Waals surface area contributed by atoms with E-state index in [0.717, 1.165) is 0 Å². The fourth-order valence-corrected chi connectivity index (χ4v) is 1.17. The molecule has 19 heavy (non-hydrogen) atoms. The third-order valence-corrected chi connectivity index (χ3v) is 2.20. The second-order valence-electron chi connectivity index (χ2n) is 3.68. The van der Waals surface area contributed by atoms with Crippen LogP contribution in [0, 0.1) is 0 Å². The van der Waals surface area contributed by atoms with Crippen LogP contribution >= 0.6 is 0 Å². The molecular formula is C11H14N2O6. The Kier molecular flexibility index (Phi) is 5.55. The summed E-state index contributed by atoms with van der Waals surface area (Å²) in [5.41, 5.74) is 0.349. The number of rotatable bonds is 7. The Balaban J connectivity index is 2.17. The summed E-state index contributed by atoms with van der Waals surface area (Å²) in [5, 5.41) is 22.0. The van der Waals surface area contributed by atoms with E-state index in [1.54, 1.807) is 0 Å². The van der Waals surface area contributed by atoms with Crippen molar-refractivity contribution in [3.63, 3.8) is 0 Å². The molecule has 1 heterocycles. The molecule has 1 aromatic rings. The Morgan fingerprint density at radius 1 is 1.32 bits per heavy atom. The number of hydrogen-bond acceptors (Lipinski definition) is 5. The fraction of sp³-hybridized carbons (Fsp3) is 0.364. The van der Waals surface area contributed by atoms with Crippen molar-refractivity contribution in [1.29, 1.82) is 0 Å². The molecule has 104 valence electrons. The van der Waals surface area contributed by atoms with E-state index in [1.807, 2.05) is 0 Å². The molecular weight excluding hydrogens is 256 g/mol. The molecule has 0 radical (unpaired) electrons. The zero-order valence-electron chi connectivity index (χ0n) is 9.96. The second-order valence-corrected chi connectivity index (χ2v) is 3.68. The lowest BCUT2D eigenvalue weighted by atomic mass is 10.3. The van der Waals surface area contributed by atoms with Gasteiger partial charge < -0.3 is 25.3 Å². The lowest BCUT2D eigenvalue weighted by Gasteiger charge is -2.08. The van der Waals surface area contributed by atoms with Gasteiger partial charge in [0.25, 0.3) is 5.91 Å². The molecule has 0 aromatic carbocycles. The quantitative estimate of drug-likeness (QED) is 0.501. The molecule has 0 spiro atoms. The van der Waals surface area contributed by atoms with E-state index in [9.17, 15) is 14.4 Å². The maximum atomic E-state index is 11.4. The number of carbonyl (C=O) groups excluding carboxylic acids is 2. The van der Waals surface area contributed by atoms with Gasteiger partial charge in [0.1, 0.15) is 6.26 Å². The van der Waals surface area contributed by atoms with Gasteiger partial charge >= 0.3 is 5.97 Å². The molecule has 0 aliphatic carbocycles. The lowest BCUT2D eigenvalue weighted by Crippen LogP contribution is -2.38. The van der Waals surface area contributed by atoms with Crippen molar-refractivity contribution in [2.75, 3.05) is 13.1 Å². The molecule has 0 aliphatic rings. The maximum absolute atomic E-state index is 11.4.